The van der Waals surface area contributed by atoms with Crippen LogP contribution in [0.2, 0.25) is 5.02 Å². The predicted molar refractivity (Wildman–Crippen MR) is 97.5 cm³/mol. The van der Waals surface area contributed by atoms with Crippen LogP contribution < -0.4 is 11.1 Å². The number of primary amides is 1. The molecule has 3 N–H and O–H groups in total. The monoisotopic (exact) mass is 368 g/mol. The maximum absolute atomic E-state index is 14.5. The van der Waals surface area contributed by atoms with Crippen LogP contribution in [0, 0.1) is 5.82 Å². The standard InChI is InChI=1S/C18H18ClFN2O.ClH/c19-15-8-7-14(18(21)23)17(20)16(15)12-5-3-11(4-6-12)13-2-1-9-22-10-13;/h3-8,13,22H,1-2,9-10H2,(H2,21,23);1H. The highest BCUT2D eigenvalue weighted by Gasteiger charge is 2.19. The van der Waals surface area contributed by atoms with E-state index in [-0.39, 0.29) is 28.6 Å². The summed E-state index contributed by atoms with van der Waals surface area (Å²) >= 11 is 6.13. The first-order valence-corrected chi connectivity index (χ1v) is 8.04. The minimum absolute atomic E-state index is 0. The SMILES string of the molecule is Cl.NC(=O)c1ccc(Cl)c(-c2ccc(C3CCCNC3)cc2)c1F. The van der Waals surface area contributed by atoms with E-state index < -0.39 is 11.7 Å². The van der Waals surface area contributed by atoms with E-state index in [0.29, 0.717) is 11.5 Å². The fourth-order valence-electron chi connectivity index (χ4n) is 3.07. The topological polar surface area (TPSA) is 55.1 Å². The van der Waals surface area contributed by atoms with E-state index in [4.69, 9.17) is 17.3 Å². The molecule has 0 radical (unpaired) electrons. The van der Waals surface area contributed by atoms with Gasteiger partial charge in [0.15, 0.2) is 0 Å². The second-order valence-electron chi connectivity index (χ2n) is 5.81. The molecule has 3 rings (SSSR count). The largest absolute Gasteiger partial charge is 0.366 e. The Kier molecular flexibility index (Phi) is 6.21. The molecule has 1 saturated heterocycles. The summed E-state index contributed by atoms with van der Waals surface area (Å²) in [6.07, 6.45) is 2.31. The third-order valence-electron chi connectivity index (χ3n) is 4.32. The van der Waals surface area contributed by atoms with Crippen molar-refractivity contribution in [1.29, 1.82) is 0 Å². The Morgan fingerprint density at radius 1 is 1.21 bits per heavy atom. The first-order valence-electron chi connectivity index (χ1n) is 7.67. The van der Waals surface area contributed by atoms with Gasteiger partial charge in [0.05, 0.1) is 10.6 Å². The van der Waals surface area contributed by atoms with Crippen molar-refractivity contribution in [2.24, 2.45) is 5.73 Å². The van der Waals surface area contributed by atoms with E-state index in [1.54, 1.807) is 0 Å². The van der Waals surface area contributed by atoms with Gasteiger partial charge in [0.25, 0.3) is 5.91 Å². The van der Waals surface area contributed by atoms with Crippen molar-refractivity contribution in [3.8, 4) is 11.1 Å². The average Bonchev–Trinajstić information content (AvgIpc) is 2.56. The Morgan fingerprint density at radius 3 is 2.50 bits per heavy atom. The first-order chi connectivity index (χ1) is 11.1. The molecule has 0 bridgehead atoms. The van der Waals surface area contributed by atoms with E-state index >= 15 is 0 Å². The molecule has 1 unspecified atom stereocenters. The maximum Gasteiger partial charge on any atom is 0.251 e. The number of carbonyl (C=O) groups is 1. The zero-order valence-electron chi connectivity index (χ0n) is 13.0. The molecule has 1 aliphatic rings. The normalized spacial score (nSPS) is 17.2. The third-order valence-corrected chi connectivity index (χ3v) is 4.64. The zero-order valence-corrected chi connectivity index (χ0v) is 14.6. The van der Waals surface area contributed by atoms with Gasteiger partial charge in [-0.15, -0.1) is 12.4 Å². The van der Waals surface area contributed by atoms with Gasteiger partial charge >= 0.3 is 0 Å². The van der Waals surface area contributed by atoms with E-state index in [1.165, 1.54) is 17.7 Å². The molecule has 0 saturated carbocycles. The van der Waals surface area contributed by atoms with Crippen LogP contribution in [0.1, 0.15) is 34.7 Å². The second-order valence-corrected chi connectivity index (χ2v) is 6.22. The molecule has 3 nitrogen and oxygen atoms in total. The van der Waals surface area contributed by atoms with Gasteiger partial charge in [-0.3, -0.25) is 4.79 Å². The van der Waals surface area contributed by atoms with Crippen molar-refractivity contribution in [2.45, 2.75) is 18.8 Å². The molecule has 1 atom stereocenters. The van der Waals surface area contributed by atoms with Crippen LogP contribution in [0.25, 0.3) is 11.1 Å². The van der Waals surface area contributed by atoms with Gasteiger partial charge in [-0.2, -0.15) is 0 Å². The van der Waals surface area contributed by atoms with Gasteiger partial charge in [0, 0.05) is 12.1 Å². The fourth-order valence-corrected chi connectivity index (χ4v) is 3.32. The predicted octanol–water partition coefficient (Wildman–Crippen LogP) is 4.13. The minimum Gasteiger partial charge on any atom is -0.366 e. The van der Waals surface area contributed by atoms with Crippen LogP contribution in [0.3, 0.4) is 0 Å². The molecule has 1 aliphatic heterocycles. The number of nitrogens with one attached hydrogen (secondary N) is 1. The van der Waals surface area contributed by atoms with Gasteiger partial charge in [-0.25, -0.2) is 4.39 Å². The highest BCUT2D eigenvalue weighted by atomic mass is 35.5. The zero-order chi connectivity index (χ0) is 16.4. The molecule has 6 heteroatoms. The summed E-state index contributed by atoms with van der Waals surface area (Å²) in [5, 5.41) is 3.65. The summed E-state index contributed by atoms with van der Waals surface area (Å²) in [5.41, 5.74) is 7.14. The lowest BCUT2D eigenvalue weighted by atomic mass is 9.90. The van der Waals surface area contributed by atoms with Gasteiger partial charge < -0.3 is 11.1 Å². The fraction of sp³-hybridized carbons (Fsp3) is 0.278. The Balaban J connectivity index is 0.00000208. The van der Waals surface area contributed by atoms with Crippen LogP contribution in [-0.2, 0) is 0 Å². The lowest BCUT2D eigenvalue weighted by Crippen LogP contribution is -2.28. The van der Waals surface area contributed by atoms with Crippen molar-refractivity contribution in [3.05, 3.63) is 58.4 Å². The molecule has 24 heavy (non-hydrogen) atoms. The van der Waals surface area contributed by atoms with Crippen LogP contribution >= 0.6 is 24.0 Å². The molecule has 1 heterocycles. The smallest absolute Gasteiger partial charge is 0.251 e. The first kappa shape index (κ1) is 18.7. The van der Waals surface area contributed by atoms with E-state index in [1.807, 2.05) is 24.3 Å². The summed E-state index contributed by atoms with van der Waals surface area (Å²) < 4.78 is 14.5. The van der Waals surface area contributed by atoms with Crippen LogP contribution in [0.5, 0.6) is 0 Å². The van der Waals surface area contributed by atoms with Gasteiger partial charge in [-0.05, 0) is 48.6 Å². The van der Waals surface area contributed by atoms with Crippen LogP contribution in [0.15, 0.2) is 36.4 Å². The number of rotatable bonds is 3. The second kappa shape index (κ2) is 7.97. The number of piperidine rings is 1. The number of benzene rings is 2. The van der Waals surface area contributed by atoms with Crippen molar-refractivity contribution < 1.29 is 9.18 Å². The number of amides is 1. The summed E-state index contributed by atoms with van der Waals surface area (Å²) in [5.74, 6) is -0.988. The van der Waals surface area contributed by atoms with Crippen molar-refractivity contribution >= 4 is 29.9 Å². The van der Waals surface area contributed by atoms with E-state index in [2.05, 4.69) is 5.32 Å². The molecule has 1 fully saturated rings. The van der Waals surface area contributed by atoms with Crippen LogP contribution in [0.4, 0.5) is 4.39 Å². The van der Waals surface area contributed by atoms with Gasteiger partial charge in [0.2, 0.25) is 0 Å². The van der Waals surface area contributed by atoms with E-state index in [0.717, 1.165) is 25.9 Å². The lowest BCUT2D eigenvalue weighted by molar-refractivity contribution is 0.0996. The molecule has 128 valence electrons. The quantitative estimate of drug-likeness (QED) is 0.855. The Bertz CT molecular complexity index is 729. The van der Waals surface area contributed by atoms with Crippen molar-refractivity contribution in [1.82, 2.24) is 5.32 Å². The third kappa shape index (κ3) is 3.72. The van der Waals surface area contributed by atoms with E-state index in [9.17, 15) is 9.18 Å². The van der Waals surface area contributed by atoms with Crippen molar-refractivity contribution in [3.63, 3.8) is 0 Å². The number of hydrogen-bond donors (Lipinski definition) is 2. The number of halogens is 3. The average molecular weight is 369 g/mol. The molecular formula is C18H19Cl2FN2O. The number of nitrogens with two attached hydrogens (primary N) is 1. The number of hydrogen-bond acceptors (Lipinski definition) is 2. The Labute approximate surface area is 151 Å². The maximum atomic E-state index is 14.5. The minimum atomic E-state index is -0.801. The molecule has 1 amide bonds. The summed E-state index contributed by atoms with van der Waals surface area (Å²) in [7, 11) is 0. The molecule has 0 aliphatic carbocycles. The molecule has 2 aromatic rings. The summed E-state index contributed by atoms with van der Waals surface area (Å²) in [6.45, 7) is 2.03. The van der Waals surface area contributed by atoms with Gasteiger partial charge in [0.1, 0.15) is 5.82 Å². The molecule has 0 spiro atoms. The van der Waals surface area contributed by atoms with Gasteiger partial charge in [-0.1, -0.05) is 35.9 Å². The Hall–Kier alpha value is -1.62. The summed E-state index contributed by atoms with van der Waals surface area (Å²) in [6, 6.07) is 10.5. The highest BCUT2D eigenvalue weighted by molar-refractivity contribution is 6.33. The molecule has 2 aromatic carbocycles. The lowest BCUT2D eigenvalue weighted by Gasteiger charge is -2.23. The number of carbonyl (C=O) groups excluding carboxylic acids is 1. The van der Waals surface area contributed by atoms with Crippen LogP contribution in [-0.4, -0.2) is 19.0 Å². The molecular weight excluding hydrogens is 350 g/mol. The van der Waals surface area contributed by atoms with Crippen molar-refractivity contribution in [2.75, 3.05) is 13.1 Å². The summed E-state index contributed by atoms with van der Waals surface area (Å²) in [4.78, 5) is 11.3. The Morgan fingerprint density at radius 2 is 1.92 bits per heavy atom. The highest BCUT2D eigenvalue weighted by Crippen LogP contribution is 2.33. The molecule has 0 aromatic heterocycles.